The Bertz CT molecular complexity index is 1390. The first-order chi connectivity index (χ1) is 16.5. The average Bonchev–Trinajstić information content (AvgIpc) is 2.85. The van der Waals surface area contributed by atoms with Crippen LogP contribution in [0.25, 0.3) is 10.9 Å². The van der Waals surface area contributed by atoms with E-state index in [2.05, 4.69) is 15.3 Å². The zero-order valence-electron chi connectivity index (χ0n) is 18.1. The molecule has 5 rings (SSSR count). The summed E-state index contributed by atoms with van der Waals surface area (Å²) in [5.41, 5.74) is 2.24. The maximum atomic E-state index is 13.2. The molecule has 2 aromatic carbocycles. The molecule has 2 N–H and O–H groups in total. The van der Waals surface area contributed by atoms with Gasteiger partial charge in [0.2, 0.25) is 0 Å². The molecule has 0 radical (unpaired) electrons. The number of nitrogens with zero attached hydrogens (tertiary/aromatic N) is 2. The molecule has 1 aliphatic rings. The first-order valence-corrected chi connectivity index (χ1v) is 11.1. The third-order valence-electron chi connectivity index (χ3n) is 5.42. The molecule has 0 atom stereocenters. The van der Waals surface area contributed by atoms with E-state index in [9.17, 15) is 9.59 Å². The molecule has 0 fully saturated rings. The molecule has 172 valence electrons. The number of benzene rings is 2. The van der Waals surface area contributed by atoms with Crippen LogP contribution in [0.4, 0.5) is 10.5 Å². The quantitative estimate of drug-likeness (QED) is 0.439. The van der Waals surface area contributed by atoms with Gasteiger partial charge in [0.15, 0.2) is 11.5 Å². The summed E-state index contributed by atoms with van der Waals surface area (Å²) in [4.78, 5) is 34.7. The van der Waals surface area contributed by atoms with Crippen LogP contribution in [0.2, 0.25) is 5.02 Å². The van der Waals surface area contributed by atoms with E-state index in [1.807, 2.05) is 12.1 Å². The van der Waals surface area contributed by atoms with Gasteiger partial charge in [0.05, 0.1) is 12.1 Å². The van der Waals surface area contributed by atoms with Crippen LogP contribution in [0.3, 0.4) is 0 Å². The first-order valence-electron chi connectivity index (χ1n) is 10.7. The second-order valence-electron chi connectivity index (χ2n) is 7.86. The normalized spacial score (nSPS) is 12.4. The number of H-pyrrole nitrogens is 1. The second kappa shape index (κ2) is 9.44. The second-order valence-corrected chi connectivity index (χ2v) is 8.30. The van der Waals surface area contributed by atoms with Crippen molar-refractivity contribution in [2.24, 2.45) is 0 Å². The molecule has 3 heterocycles. The van der Waals surface area contributed by atoms with Crippen molar-refractivity contribution < 1.29 is 14.3 Å². The molecule has 0 spiro atoms. The van der Waals surface area contributed by atoms with Gasteiger partial charge in [-0.05, 0) is 48.0 Å². The molecular formula is C25H21ClN4O4. The standard InChI is InChI=1S/C25H21ClN4O4/c26-19-3-5-20(6-4-19)28-25(32)30(14-16-2-1-7-27-13-16)15-18-10-17-11-22-23(34-9-8-33-22)12-21(17)29-24(18)31/h1-7,10-13H,8-9,14-15H2,(H,28,32)(H,29,31). The van der Waals surface area contributed by atoms with Gasteiger partial charge in [-0.3, -0.25) is 9.78 Å². The van der Waals surface area contributed by atoms with Crippen molar-refractivity contribution in [3.05, 3.63) is 93.5 Å². The number of hydrogen-bond donors (Lipinski definition) is 2. The number of fused-ring (bicyclic) bond motifs is 2. The Hall–Kier alpha value is -4.04. The molecule has 9 heteroatoms. The number of carbonyl (C=O) groups is 1. The monoisotopic (exact) mass is 476 g/mol. The van der Waals surface area contributed by atoms with Crippen LogP contribution in [0, 0.1) is 0 Å². The van der Waals surface area contributed by atoms with Gasteiger partial charge in [0.25, 0.3) is 5.56 Å². The highest BCUT2D eigenvalue weighted by Gasteiger charge is 2.19. The summed E-state index contributed by atoms with van der Waals surface area (Å²) in [6.07, 6.45) is 3.36. The molecule has 1 aliphatic heterocycles. The van der Waals surface area contributed by atoms with Crippen LogP contribution >= 0.6 is 11.6 Å². The predicted molar refractivity (Wildman–Crippen MR) is 130 cm³/mol. The predicted octanol–water partition coefficient (Wildman–Crippen LogP) is 4.58. The summed E-state index contributed by atoms with van der Waals surface area (Å²) < 4.78 is 11.3. The number of anilines is 1. The van der Waals surface area contributed by atoms with Crippen LogP contribution in [0.15, 0.2) is 71.8 Å². The number of aromatic amines is 1. The van der Waals surface area contributed by atoms with Gasteiger partial charge in [-0.25, -0.2) is 4.79 Å². The van der Waals surface area contributed by atoms with Crippen molar-refractivity contribution >= 4 is 34.2 Å². The first kappa shape index (κ1) is 21.8. The number of pyridine rings is 2. The molecule has 2 amide bonds. The zero-order chi connectivity index (χ0) is 23.5. The van der Waals surface area contributed by atoms with E-state index in [0.29, 0.717) is 46.5 Å². The molecule has 0 aliphatic carbocycles. The summed E-state index contributed by atoms with van der Waals surface area (Å²) in [7, 11) is 0. The number of aromatic nitrogens is 2. The third-order valence-corrected chi connectivity index (χ3v) is 5.68. The molecule has 2 aromatic heterocycles. The minimum atomic E-state index is -0.354. The van der Waals surface area contributed by atoms with Crippen LogP contribution in [-0.2, 0) is 13.1 Å². The fourth-order valence-electron chi connectivity index (χ4n) is 3.76. The van der Waals surface area contributed by atoms with Crippen molar-refractivity contribution in [2.45, 2.75) is 13.1 Å². The Morgan fingerprint density at radius 1 is 1.06 bits per heavy atom. The van der Waals surface area contributed by atoms with E-state index < -0.39 is 0 Å². The zero-order valence-corrected chi connectivity index (χ0v) is 18.8. The van der Waals surface area contributed by atoms with Crippen LogP contribution in [-0.4, -0.2) is 34.1 Å². The van der Waals surface area contributed by atoms with Gasteiger partial charge in [-0.2, -0.15) is 0 Å². The summed E-state index contributed by atoms with van der Waals surface area (Å²) in [5, 5.41) is 4.23. The maximum absolute atomic E-state index is 13.2. The van der Waals surface area contributed by atoms with Gasteiger partial charge in [0, 0.05) is 46.7 Å². The van der Waals surface area contributed by atoms with Gasteiger partial charge in [0.1, 0.15) is 13.2 Å². The maximum Gasteiger partial charge on any atom is 0.322 e. The highest BCUT2D eigenvalue weighted by molar-refractivity contribution is 6.30. The highest BCUT2D eigenvalue weighted by atomic mass is 35.5. The number of hydrogen-bond acceptors (Lipinski definition) is 5. The lowest BCUT2D eigenvalue weighted by molar-refractivity contribution is 0.172. The average molecular weight is 477 g/mol. The van der Waals surface area contributed by atoms with E-state index in [4.69, 9.17) is 21.1 Å². The van der Waals surface area contributed by atoms with Gasteiger partial charge in [-0.1, -0.05) is 17.7 Å². The van der Waals surface area contributed by atoms with Gasteiger partial charge in [-0.15, -0.1) is 0 Å². The molecule has 0 bridgehead atoms. The lowest BCUT2D eigenvalue weighted by atomic mass is 10.1. The summed E-state index contributed by atoms with van der Waals surface area (Å²) in [5.74, 6) is 1.23. The third kappa shape index (κ3) is 4.82. The van der Waals surface area contributed by atoms with Crippen LogP contribution < -0.4 is 20.3 Å². The number of carbonyl (C=O) groups excluding carboxylic acids is 1. The Morgan fingerprint density at radius 3 is 2.56 bits per heavy atom. The number of nitrogens with one attached hydrogen (secondary N) is 2. The van der Waals surface area contributed by atoms with Gasteiger partial charge < -0.3 is 24.7 Å². The lowest BCUT2D eigenvalue weighted by Gasteiger charge is -2.23. The number of amides is 2. The van der Waals surface area contributed by atoms with Crippen LogP contribution in [0.1, 0.15) is 11.1 Å². The van der Waals surface area contributed by atoms with Crippen molar-refractivity contribution in [2.75, 3.05) is 18.5 Å². The Kier molecular flexibility index (Phi) is 6.05. The van der Waals surface area contributed by atoms with E-state index in [-0.39, 0.29) is 24.7 Å². The SMILES string of the molecule is O=C(Nc1ccc(Cl)cc1)N(Cc1cccnc1)Cc1cc2cc3c(cc2[nH]c1=O)OCCO3. The number of halogens is 1. The molecular weight excluding hydrogens is 456 g/mol. The Labute approximate surface area is 200 Å². The van der Waals surface area contributed by atoms with E-state index in [0.717, 1.165) is 10.9 Å². The molecule has 0 saturated heterocycles. The minimum absolute atomic E-state index is 0.0913. The summed E-state index contributed by atoms with van der Waals surface area (Å²) >= 11 is 5.95. The number of rotatable bonds is 5. The van der Waals surface area contributed by atoms with Gasteiger partial charge >= 0.3 is 6.03 Å². The highest BCUT2D eigenvalue weighted by Crippen LogP contribution is 2.33. The smallest absolute Gasteiger partial charge is 0.322 e. The Balaban J connectivity index is 1.45. The van der Waals surface area contributed by atoms with Crippen LogP contribution in [0.5, 0.6) is 11.5 Å². The molecule has 4 aromatic rings. The molecule has 34 heavy (non-hydrogen) atoms. The lowest BCUT2D eigenvalue weighted by Crippen LogP contribution is -2.35. The van der Waals surface area contributed by atoms with E-state index >= 15 is 0 Å². The number of urea groups is 1. The number of ether oxygens (including phenoxy) is 2. The molecule has 8 nitrogen and oxygen atoms in total. The largest absolute Gasteiger partial charge is 0.486 e. The fourth-order valence-corrected chi connectivity index (χ4v) is 3.88. The topological polar surface area (TPSA) is 96.6 Å². The fraction of sp³-hybridized carbons (Fsp3) is 0.160. The molecule has 0 unspecified atom stereocenters. The summed E-state index contributed by atoms with van der Waals surface area (Å²) in [6.45, 7) is 1.30. The molecule has 0 saturated carbocycles. The van der Waals surface area contributed by atoms with Crippen molar-refractivity contribution in [1.29, 1.82) is 0 Å². The van der Waals surface area contributed by atoms with Crippen molar-refractivity contribution in [3.63, 3.8) is 0 Å². The van der Waals surface area contributed by atoms with Crippen molar-refractivity contribution in [3.8, 4) is 11.5 Å². The Morgan fingerprint density at radius 2 is 1.82 bits per heavy atom. The van der Waals surface area contributed by atoms with E-state index in [1.165, 1.54) is 0 Å². The minimum Gasteiger partial charge on any atom is -0.486 e. The van der Waals surface area contributed by atoms with E-state index in [1.54, 1.807) is 59.8 Å². The summed E-state index contributed by atoms with van der Waals surface area (Å²) in [6, 6.07) is 15.5. The van der Waals surface area contributed by atoms with Crippen molar-refractivity contribution in [1.82, 2.24) is 14.9 Å².